The van der Waals surface area contributed by atoms with Gasteiger partial charge in [-0.15, -0.1) is 0 Å². The van der Waals surface area contributed by atoms with Crippen LogP contribution in [-0.4, -0.2) is 53.1 Å². The van der Waals surface area contributed by atoms with Gasteiger partial charge in [0.15, 0.2) is 0 Å². The van der Waals surface area contributed by atoms with E-state index in [1.807, 2.05) is 4.90 Å². The van der Waals surface area contributed by atoms with E-state index in [4.69, 9.17) is 9.72 Å². The number of carbonyl (C=O) groups excluding carboxylic acids is 1. The first-order valence-electron chi connectivity index (χ1n) is 13.5. The number of ether oxygens (including phenoxy) is 1. The van der Waals surface area contributed by atoms with Crippen molar-refractivity contribution in [2.45, 2.75) is 64.2 Å². The third kappa shape index (κ3) is 4.37. The molecule has 3 aromatic rings. The van der Waals surface area contributed by atoms with Gasteiger partial charge in [0.05, 0.1) is 11.8 Å². The van der Waals surface area contributed by atoms with Crippen molar-refractivity contribution < 1.29 is 9.53 Å². The lowest BCUT2D eigenvalue weighted by Crippen LogP contribution is -2.35. The number of imidazole rings is 1. The minimum atomic E-state index is -0.158. The molecular formula is C30H36N4O2. The molecule has 0 aliphatic carbocycles. The maximum Gasteiger partial charge on any atom is 0.226 e. The number of benzene rings is 2. The average molecular weight is 485 g/mol. The summed E-state index contributed by atoms with van der Waals surface area (Å²) in [6.45, 7) is 6.04. The van der Waals surface area contributed by atoms with Gasteiger partial charge >= 0.3 is 0 Å². The number of aryl methyl sites for hydroxylation is 1. The predicted octanol–water partition coefficient (Wildman–Crippen LogP) is 5.13. The third-order valence-corrected chi connectivity index (χ3v) is 8.20. The molecule has 36 heavy (non-hydrogen) atoms. The van der Waals surface area contributed by atoms with Gasteiger partial charge in [-0.3, -0.25) is 4.79 Å². The summed E-state index contributed by atoms with van der Waals surface area (Å²) in [5.74, 6) is 1.24. The highest BCUT2D eigenvalue weighted by molar-refractivity contribution is 5.94. The molecule has 6 nitrogen and oxygen atoms in total. The second-order valence-corrected chi connectivity index (χ2v) is 10.6. The summed E-state index contributed by atoms with van der Waals surface area (Å²) in [5.41, 5.74) is 6.88. The molecule has 0 N–H and O–H groups in total. The van der Waals surface area contributed by atoms with Crippen molar-refractivity contribution in [2.75, 3.05) is 31.6 Å². The highest BCUT2D eigenvalue weighted by atomic mass is 16.5. The fourth-order valence-electron chi connectivity index (χ4n) is 6.03. The number of fused-ring (bicyclic) bond motifs is 2. The Morgan fingerprint density at radius 2 is 1.69 bits per heavy atom. The zero-order chi connectivity index (χ0) is 24.6. The van der Waals surface area contributed by atoms with Crippen molar-refractivity contribution in [1.82, 2.24) is 14.5 Å². The topological polar surface area (TPSA) is 50.6 Å². The Hall–Kier alpha value is -2.96. The summed E-state index contributed by atoms with van der Waals surface area (Å²) in [4.78, 5) is 21.9. The summed E-state index contributed by atoms with van der Waals surface area (Å²) >= 11 is 0. The number of amides is 1. The van der Waals surface area contributed by atoms with Gasteiger partial charge in [0.1, 0.15) is 11.9 Å². The van der Waals surface area contributed by atoms with Gasteiger partial charge in [0, 0.05) is 49.5 Å². The maximum absolute atomic E-state index is 12.4. The molecule has 0 radical (unpaired) electrons. The second-order valence-electron chi connectivity index (χ2n) is 10.6. The van der Waals surface area contributed by atoms with Crippen molar-refractivity contribution in [2.24, 2.45) is 0 Å². The minimum Gasteiger partial charge on any atom is -0.362 e. The fraction of sp³-hybridized carbons (Fsp3) is 0.467. The maximum atomic E-state index is 12.4. The lowest BCUT2D eigenvalue weighted by Gasteiger charge is -2.32. The first-order chi connectivity index (χ1) is 17.6. The molecule has 0 saturated carbocycles. The van der Waals surface area contributed by atoms with Crippen LogP contribution in [0.25, 0.3) is 11.3 Å². The fourth-order valence-corrected chi connectivity index (χ4v) is 6.03. The van der Waals surface area contributed by atoms with Crippen LogP contribution in [0.2, 0.25) is 0 Å². The van der Waals surface area contributed by atoms with Crippen LogP contribution in [0.15, 0.2) is 48.5 Å². The molecule has 3 aliphatic rings. The minimum absolute atomic E-state index is 0.158. The lowest BCUT2D eigenvalue weighted by molar-refractivity contribution is -0.119. The van der Waals surface area contributed by atoms with Crippen LogP contribution in [0.4, 0.5) is 5.69 Å². The van der Waals surface area contributed by atoms with E-state index in [1.54, 1.807) is 0 Å². The van der Waals surface area contributed by atoms with Crippen LogP contribution >= 0.6 is 0 Å². The van der Waals surface area contributed by atoms with Crippen LogP contribution in [-0.2, 0) is 22.5 Å². The van der Waals surface area contributed by atoms with E-state index in [0.29, 0.717) is 6.42 Å². The van der Waals surface area contributed by atoms with Crippen LogP contribution in [0, 0.1) is 6.92 Å². The molecule has 2 aromatic carbocycles. The van der Waals surface area contributed by atoms with Gasteiger partial charge in [-0.1, -0.05) is 36.4 Å². The van der Waals surface area contributed by atoms with Crippen molar-refractivity contribution in [3.05, 3.63) is 71.2 Å². The summed E-state index contributed by atoms with van der Waals surface area (Å²) in [6, 6.07) is 17.1. The van der Waals surface area contributed by atoms with E-state index in [2.05, 4.69) is 72.0 Å². The SMILES string of the molecule is Cc1c(-c2ccc(N3CCCCC3=O)cc2)nc2n1CCc1ccccc1C2OC1CCN(C)CC1. The van der Waals surface area contributed by atoms with E-state index >= 15 is 0 Å². The van der Waals surface area contributed by atoms with Crippen molar-refractivity contribution >= 4 is 11.6 Å². The van der Waals surface area contributed by atoms with Crippen molar-refractivity contribution in [3.63, 3.8) is 0 Å². The molecule has 1 aromatic heterocycles. The van der Waals surface area contributed by atoms with Crippen molar-refractivity contribution in [3.8, 4) is 11.3 Å². The summed E-state index contributed by atoms with van der Waals surface area (Å²) in [5, 5.41) is 0. The number of piperidine rings is 2. The first-order valence-corrected chi connectivity index (χ1v) is 13.5. The number of aromatic nitrogens is 2. The molecule has 1 amide bonds. The molecule has 2 saturated heterocycles. The van der Waals surface area contributed by atoms with Gasteiger partial charge in [-0.05, 0) is 69.3 Å². The molecule has 1 unspecified atom stereocenters. The Morgan fingerprint density at radius 3 is 2.47 bits per heavy atom. The zero-order valence-electron chi connectivity index (χ0n) is 21.4. The predicted molar refractivity (Wildman–Crippen MR) is 142 cm³/mol. The highest BCUT2D eigenvalue weighted by Gasteiger charge is 2.32. The lowest BCUT2D eigenvalue weighted by atomic mass is 9.99. The number of nitrogens with zero attached hydrogens (tertiary/aromatic N) is 4. The molecule has 0 spiro atoms. The highest BCUT2D eigenvalue weighted by Crippen LogP contribution is 2.38. The standard InChI is InChI=1S/C30H36N4O2/c1-21-28(23-10-12-24(13-11-23)34-17-6-5-9-27(34)35)31-30-29(36-25-15-18-32(2)19-16-25)26-8-4-3-7-22(26)14-20-33(21)30/h3-4,7-8,10-13,25,29H,5-6,9,14-20H2,1-2H3. The number of anilines is 1. The van der Waals surface area contributed by atoms with E-state index in [-0.39, 0.29) is 18.1 Å². The monoisotopic (exact) mass is 484 g/mol. The van der Waals surface area contributed by atoms with Gasteiger partial charge in [0.2, 0.25) is 5.91 Å². The largest absolute Gasteiger partial charge is 0.362 e. The number of hydrogen-bond donors (Lipinski definition) is 0. The number of carbonyl (C=O) groups is 1. The number of likely N-dealkylation sites (tertiary alicyclic amines) is 1. The molecular weight excluding hydrogens is 448 g/mol. The molecule has 3 aliphatic heterocycles. The van der Waals surface area contributed by atoms with Crippen LogP contribution in [0.1, 0.15) is 60.9 Å². The van der Waals surface area contributed by atoms with E-state index in [0.717, 1.165) is 81.1 Å². The van der Waals surface area contributed by atoms with Gasteiger partial charge in [-0.25, -0.2) is 4.98 Å². The van der Waals surface area contributed by atoms with Crippen LogP contribution in [0.3, 0.4) is 0 Å². The number of rotatable bonds is 4. The Balaban J connectivity index is 1.34. The van der Waals surface area contributed by atoms with Crippen LogP contribution < -0.4 is 4.90 Å². The van der Waals surface area contributed by atoms with E-state index in [9.17, 15) is 4.79 Å². The third-order valence-electron chi connectivity index (χ3n) is 8.20. The molecule has 2 fully saturated rings. The molecule has 0 bridgehead atoms. The molecule has 1 atom stereocenters. The molecule has 188 valence electrons. The van der Waals surface area contributed by atoms with E-state index < -0.39 is 0 Å². The van der Waals surface area contributed by atoms with Gasteiger partial charge < -0.3 is 19.1 Å². The molecule has 4 heterocycles. The summed E-state index contributed by atoms with van der Waals surface area (Å²) < 4.78 is 9.25. The first kappa shape index (κ1) is 23.4. The number of hydrogen-bond acceptors (Lipinski definition) is 4. The Morgan fingerprint density at radius 1 is 0.917 bits per heavy atom. The van der Waals surface area contributed by atoms with Crippen LogP contribution in [0.5, 0.6) is 0 Å². The van der Waals surface area contributed by atoms with E-state index in [1.165, 1.54) is 16.8 Å². The molecule has 6 heteroatoms. The Kier molecular flexibility index (Phi) is 6.40. The van der Waals surface area contributed by atoms with Gasteiger partial charge in [0.25, 0.3) is 0 Å². The smallest absolute Gasteiger partial charge is 0.226 e. The summed E-state index contributed by atoms with van der Waals surface area (Å²) in [7, 11) is 2.19. The normalized spacial score (nSPS) is 21.2. The molecule has 6 rings (SSSR count). The second kappa shape index (κ2) is 9.83. The van der Waals surface area contributed by atoms with Gasteiger partial charge in [-0.2, -0.15) is 0 Å². The Labute approximate surface area is 213 Å². The average Bonchev–Trinajstić information content (AvgIpc) is 3.14. The quantitative estimate of drug-likeness (QED) is 0.515. The summed E-state index contributed by atoms with van der Waals surface area (Å²) in [6.07, 6.45) is 5.88. The zero-order valence-corrected chi connectivity index (χ0v) is 21.4. The van der Waals surface area contributed by atoms with Crippen molar-refractivity contribution in [1.29, 1.82) is 0 Å². The Bertz CT molecular complexity index is 1240.